The Morgan fingerprint density at radius 3 is 2.95 bits per heavy atom. The average Bonchev–Trinajstić information content (AvgIpc) is 3.13. The molecule has 106 valence electrons. The molecule has 3 aromatic rings. The van der Waals surface area contributed by atoms with Gasteiger partial charge < -0.3 is 9.73 Å². The van der Waals surface area contributed by atoms with Crippen molar-refractivity contribution in [2.24, 2.45) is 0 Å². The highest BCUT2D eigenvalue weighted by Crippen LogP contribution is 2.19. The zero-order valence-electron chi connectivity index (χ0n) is 10.9. The van der Waals surface area contributed by atoms with E-state index in [1.807, 2.05) is 12.3 Å². The number of furan rings is 1. The van der Waals surface area contributed by atoms with E-state index in [1.165, 1.54) is 0 Å². The summed E-state index contributed by atoms with van der Waals surface area (Å²) >= 11 is 5.89. The van der Waals surface area contributed by atoms with Crippen LogP contribution in [0.2, 0.25) is 5.15 Å². The number of pyridine rings is 1. The molecule has 3 rings (SSSR count). The number of hydrogen-bond donors (Lipinski definition) is 1. The van der Waals surface area contributed by atoms with Crippen LogP contribution < -0.4 is 5.32 Å². The highest BCUT2D eigenvalue weighted by Gasteiger charge is 2.13. The zero-order valence-corrected chi connectivity index (χ0v) is 11.6. The molecule has 7 heteroatoms. The first kappa shape index (κ1) is 13.4. The van der Waals surface area contributed by atoms with Crippen LogP contribution in [0, 0.1) is 0 Å². The summed E-state index contributed by atoms with van der Waals surface area (Å²) in [6.07, 6.45) is 5.05. The Balaban J connectivity index is 1.71. The fourth-order valence-corrected chi connectivity index (χ4v) is 1.97. The highest BCUT2D eigenvalue weighted by atomic mass is 35.5. The molecular weight excluding hydrogens is 292 g/mol. The summed E-state index contributed by atoms with van der Waals surface area (Å²) in [4.78, 5) is 16.0. The summed E-state index contributed by atoms with van der Waals surface area (Å²) in [6, 6.07) is 8.52. The Morgan fingerprint density at radius 2 is 2.19 bits per heavy atom. The largest absolute Gasteiger partial charge is 0.454 e. The lowest BCUT2D eigenvalue weighted by Gasteiger charge is -2.04. The van der Waals surface area contributed by atoms with Crippen LogP contribution in [0.1, 0.15) is 16.3 Å². The van der Waals surface area contributed by atoms with E-state index in [1.54, 1.807) is 41.3 Å². The van der Waals surface area contributed by atoms with Crippen LogP contribution in [0.15, 0.2) is 53.3 Å². The summed E-state index contributed by atoms with van der Waals surface area (Å²) < 4.78 is 7.20. The average molecular weight is 303 g/mol. The molecule has 0 radical (unpaired) electrons. The molecule has 0 fully saturated rings. The molecule has 0 aliphatic heterocycles. The topological polar surface area (TPSA) is 73.0 Å². The second-order valence-electron chi connectivity index (χ2n) is 4.27. The lowest BCUT2D eigenvalue weighted by Crippen LogP contribution is -2.11. The molecule has 0 aliphatic carbocycles. The van der Waals surface area contributed by atoms with Crippen molar-refractivity contribution in [3.8, 4) is 0 Å². The molecule has 21 heavy (non-hydrogen) atoms. The molecule has 3 aromatic heterocycles. The molecule has 0 atom stereocenters. The summed E-state index contributed by atoms with van der Waals surface area (Å²) in [5.74, 6) is 0.467. The van der Waals surface area contributed by atoms with Crippen LogP contribution in [-0.2, 0) is 6.54 Å². The summed E-state index contributed by atoms with van der Waals surface area (Å²) in [5.41, 5.74) is 0.439. The summed E-state index contributed by atoms with van der Waals surface area (Å²) in [5, 5.41) is 6.96. The summed E-state index contributed by atoms with van der Waals surface area (Å²) in [7, 11) is 0. The molecule has 1 N–H and O–H groups in total. The maximum Gasteiger partial charge on any atom is 0.291 e. The van der Waals surface area contributed by atoms with E-state index in [0.29, 0.717) is 18.0 Å². The monoisotopic (exact) mass is 302 g/mol. The Hall–Kier alpha value is -2.60. The lowest BCUT2D eigenvalue weighted by molar-refractivity contribution is 0.0994. The lowest BCUT2D eigenvalue weighted by atomic mass is 10.3. The number of nitrogens with one attached hydrogen (secondary N) is 1. The van der Waals surface area contributed by atoms with Gasteiger partial charge >= 0.3 is 0 Å². The van der Waals surface area contributed by atoms with E-state index in [4.69, 9.17) is 16.0 Å². The van der Waals surface area contributed by atoms with E-state index < -0.39 is 0 Å². The fourth-order valence-electron chi connectivity index (χ4n) is 1.80. The Bertz CT molecular complexity index is 752. The highest BCUT2D eigenvalue weighted by molar-refractivity contribution is 6.32. The number of amides is 1. The quantitative estimate of drug-likeness (QED) is 0.752. The first-order valence-electron chi connectivity index (χ1n) is 6.20. The number of carbonyl (C=O) groups is 1. The molecule has 1 amide bonds. The second kappa shape index (κ2) is 5.80. The van der Waals surface area contributed by atoms with Crippen molar-refractivity contribution in [3.05, 3.63) is 65.6 Å². The van der Waals surface area contributed by atoms with Crippen LogP contribution in [0.5, 0.6) is 0 Å². The number of rotatable bonds is 4. The maximum atomic E-state index is 12.1. The zero-order chi connectivity index (χ0) is 14.7. The molecule has 0 aromatic carbocycles. The smallest absolute Gasteiger partial charge is 0.291 e. The van der Waals surface area contributed by atoms with Crippen molar-refractivity contribution < 1.29 is 9.21 Å². The molecule has 0 saturated heterocycles. The van der Waals surface area contributed by atoms with E-state index in [0.717, 1.165) is 0 Å². The number of halogens is 1. The van der Waals surface area contributed by atoms with Gasteiger partial charge in [0, 0.05) is 18.6 Å². The third-order valence-electron chi connectivity index (χ3n) is 2.77. The Kier molecular flexibility index (Phi) is 3.70. The molecule has 0 unspecified atom stereocenters. The maximum absolute atomic E-state index is 12.1. The minimum Gasteiger partial charge on any atom is -0.454 e. The van der Waals surface area contributed by atoms with Crippen molar-refractivity contribution >= 4 is 23.2 Å². The normalized spacial score (nSPS) is 10.5. The van der Waals surface area contributed by atoms with Gasteiger partial charge in [-0.1, -0.05) is 11.6 Å². The predicted octanol–water partition coefficient (Wildman–Crippen LogP) is 2.83. The Morgan fingerprint density at radius 1 is 1.29 bits per heavy atom. The SMILES string of the molecule is O=C(Nc1cccnc1Cl)c1ccc(Cn2cccn2)o1. The van der Waals surface area contributed by atoms with Crippen LogP contribution in [0.25, 0.3) is 0 Å². The van der Waals surface area contributed by atoms with Gasteiger partial charge in [0.15, 0.2) is 10.9 Å². The Labute approximate surface area is 125 Å². The van der Waals surface area contributed by atoms with Gasteiger partial charge in [0.1, 0.15) is 5.76 Å². The third kappa shape index (κ3) is 3.11. The van der Waals surface area contributed by atoms with Gasteiger partial charge in [-0.05, 0) is 30.3 Å². The van der Waals surface area contributed by atoms with Gasteiger partial charge in [-0.3, -0.25) is 9.48 Å². The van der Waals surface area contributed by atoms with Crippen molar-refractivity contribution in [2.75, 3.05) is 5.32 Å². The molecule has 0 bridgehead atoms. The molecule has 3 heterocycles. The van der Waals surface area contributed by atoms with E-state index >= 15 is 0 Å². The molecule has 6 nitrogen and oxygen atoms in total. The summed E-state index contributed by atoms with van der Waals surface area (Å²) in [6.45, 7) is 0.466. The molecule has 0 aliphatic rings. The first-order chi connectivity index (χ1) is 10.2. The number of hydrogen-bond acceptors (Lipinski definition) is 4. The standard InChI is InChI=1S/C14H11ClN4O2/c15-13-11(3-1-6-16-13)18-14(20)12-5-4-10(21-12)9-19-8-2-7-17-19/h1-8H,9H2,(H,18,20). The first-order valence-corrected chi connectivity index (χ1v) is 6.58. The van der Waals surface area contributed by atoms with E-state index in [-0.39, 0.29) is 16.8 Å². The molecule has 0 saturated carbocycles. The van der Waals surface area contributed by atoms with Crippen molar-refractivity contribution in [3.63, 3.8) is 0 Å². The van der Waals surface area contributed by atoms with Crippen molar-refractivity contribution in [2.45, 2.75) is 6.54 Å². The third-order valence-corrected chi connectivity index (χ3v) is 3.07. The van der Waals surface area contributed by atoms with Crippen molar-refractivity contribution in [1.82, 2.24) is 14.8 Å². The minimum absolute atomic E-state index is 0.206. The van der Waals surface area contributed by atoms with Crippen LogP contribution in [0.3, 0.4) is 0 Å². The van der Waals surface area contributed by atoms with Crippen LogP contribution in [-0.4, -0.2) is 20.7 Å². The number of aromatic nitrogens is 3. The minimum atomic E-state index is -0.378. The second-order valence-corrected chi connectivity index (χ2v) is 4.62. The fraction of sp³-hybridized carbons (Fsp3) is 0.0714. The number of anilines is 1. The van der Waals surface area contributed by atoms with Crippen LogP contribution >= 0.6 is 11.6 Å². The van der Waals surface area contributed by atoms with Crippen LogP contribution in [0.4, 0.5) is 5.69 Å². The van der Waals surface area contributed by atoms with E-state index in [2.05, 4.69) is 15.4 Å². The van der Waals surface area contributed by atoms with Gasteiger partial charge in [0.25, 0.3) is 5.91 Å². The van der Waals surface area contributed by atoms with Gasteiger partial charge in [-0.15, -0.1) is 0 Å². The number of nitrogens with zero attached hydrogens (tertiary/aromatic N) is 3. The number of carbonyl (C=O) groups excluding carboxylic acids is 1. The molecule has 0 spiro atoms. The van der Waals surface area contributed by atoms with E-state index in [9.17, 15) is 4.79 Å². The van der Waals surface area contributed by atoms with Gasteiger partial charge in [-0.25, -0.2) is 4.98 Å². The van der Waals surface area contributed by atoms with Gasteiger partial charge in [-0.2, -0.15) is 5.10 Å². The molecular formula is C14H11ClN4O2. The van der Waals surface area contributed by atoms with Gasteiger partial charge in [0.05, 0.1) is 12.2 Å². The van der Waals surface area contributed by atoms with Crippen molar-refractivity contribution in [1.29, 1.82) is 0 Å². The predicted molar refractivity (Wildman–Crippen MR) is 77.2 cm³/mol. The van der Waals surface area contributed by atoms with Gasteiger partial charge in [0.2, 0.25) is 0 Å².